The van der Waals surface area contributed by atoms with Crippen LogP contribution in [0.15, 0.2) is 11.6 Å². The van der Waals surface area contributed by atoms with Crippen LogP contribution in [-0.2, 0) is 22.7 Å². The molecule has 7 heterocycles. The van der Waals surface area contributed by atoms with Crippen molar-refractivity contribution < 1.29 is 9.53 Å². The second-order valence-corrected chi connectivity index (χ2v) is 11.9. The number of nitrogens with two attached hydrogens (primary N) is 1. The number of thiophene rings is 1. The number of nitrogens with zero attached hydrogens (tertiary/aromatic N) is 4. The lowest BCUT2D eigenvalue weighted by Gasteiger charge is -2.33. The first-order valence-electron chi connectivity index (χ1n) is 13.4. The molecule has 37 heavy (non-hydrogen) atoms. The molecule has 9 heteroatoms. The molecule has 0 aromatic carbocycles. The number of amides is 1. The second kappa shape index (κ2) is 9.53. The summed E-state index contributed by atoms with van der Waals surface area (Å²) in [7, 11) is 0. The van der Waals surface area contributed by atoms with Gasteiger partial charge in [0.15, 0.2) is 5.65 Å². The van der Waals surface area contributed by atoms with Crippen LogP contribution < -0.4 is 5.73 Å². The van der Waals surface area contributed by atoms with Gasteiger partial charge in [-0.2, -0.15) is 5.10 Å². The van der Waals surface area contributed by atoms with Gasteiger partial charge in [-0.15, -0.1) is 11.3 Å². The van der Waals surface area contributed by atoms with E-state index in [1.54, 1.807) is 11.3 Å². The third kappa shape index (κ3) is 4.27. The van der Waals surface area contributed by atoms with Gasteiger partial charge < -0.3 is 15.5 Å². The summed E-state index contributed by atoms with van der Waals surface area (Å²) in [6, 6.07) is 1.33. The first kappa shape index (κ1) is 24.6. The van der Waals surface area contributed by atoms with Crippen molar-refractivity contribution in [3.63, 3.8) is 0 Å². The monoisotopic (exact) mass is 520 g/mol. The van der Waals surface area contributed by atoms with Gasteiger partial charge in [0.2, 0.25) is 5.91 Å². The van der Waals surface area contributed by atoms with E-state index in [1.165, 1.54) is 75.8 Å². The molecule has 3 aliphatic rings. The number of hydrogen-bond donors (Lipinski definition) is 2. The largest absolute Gasteiger partial charge is 0.372 e. The number of rotatable bonds is 4. The number of H-pyrrole nitrogens is 1. The highest BCUT2D eigenvalue weighted by molar-refractivity contribution is 7.17. The molecule has 0 saturated carbocycles. The van der Waals surface area contributed by atoms with Crippen LogP contribution in [0.5, 0.6) is 0 Å². The van der Waals surface area contributed by atoms with E-state index >= 15 is 0 Å². The van der Waals surface area contributed by atoms with E-state index in [1.807, 2.05) is 11.4 Å². The molecule has 1 unspecified atom stereocenters. The maximum Gasteiger partial charge on any atom is 0.231 e. The highest BCUT2D eigenvalue weighted by Crippen LogP contribution is 2.42. The number of pyridine rings is 1. The fourth-order valence-corrected chi connectivity index (χ4v) is 7.60. The molecule has 196 valence electrons. The van der Waals surface area contributed by atoms with Gasteiger partial charge in [0.25, 0.3) is 0 Å². The quantitative estimate of drug-likeness (QED) is 0.385. The van der Waals surface area contributed by atoms with Crippen LogP contribution in [-0.4, -0.2) is 49.0 Å². The number of carbonyl (C=O) groups is 1. The summed E-state index contributed by atoms with van der Waals surface area (Å²) in [5, 5.41) is 8.15. The van der Waals surface area contributed by atoms with Crippen LogP contribution in [0, 0.1) is 13.8 Å². The molecule has 1 amide bonds. The number of ether oxygens (including phenoxy) is 1. The van der Waals surface area contributed by atoms with Crippen molar-refractivity contribution in [2.75, 3.05) is 6.54 Å². The van der Waals surface area contributed by atoms with Crippen molar-refractivity contribution >= 4 is 33.1 Å². The fraction of sp³-hybridized carbons (Fsp3) is 0.536. The van der Waals surface area contributed by atoms with Crippen molar-refractivity contribution in [1.29, 1.82) is 0 Å². The second-order valence-electron chi connectivity index (χ2n) is 11.1. The van der Waals surface area contributed by atoms with Crippen molar-refractivity contribution in [1.82, 2.24) is 24.5 Å². The van der Waals surface area contributed by atoms with Crippen molar-refractivity contribution in [2.45, 2.75) is 91.0 Å². The molecule has 2 saturated heterocycles. The van der Waals surface area contributed by atoms with Crippen LogP contribution in [0.4, 0.5) is 0 Å². The van der Waals surface area contributed by atoms with Gasteiger partial charge in [-0.1, -0.05) is 20.3 Å². The third-order valence-electron chi connectivity index (χ3n) is 8.22. The average molecular weight is 521 g/mol. The van der Waals surface area contributed by atoms with Crippen LogP contribution >= 0.6 is 11.3 Å². The highest BCUT2D eigenvalue weighted by Gasteiger charge is 2.36. The minimum Gasteiger partial charge on any atom is -0.372 e. The maximum absolute atomic E-state index is 10.8. The Balaban J connectivity index is 0.000000176. The van der Waals surface area contributed by atoms with Gasteiger partial charge in [0.05, 0.1) is 25.5 Å². The van der Waals surface area contributed by atoms with E-state index in [-0.39, 0.29) is 5.91 Å². The Morgan fingerprint density at radius 1 is 1.19 bits per heavy atom. The Labute approximate surface area is 221 Å². The molecule has 0 radical (unpaired) electrons. The molecule has 3 aliphatic heterocycles. The minimum atomic E-state index is -0.172. The molecule has 7 rings (SSSR count). The summed E-state index contributed by atoms with van der Waals surface area (Å²) in [5.41, 5.74) is 13.7. The standard InChI is InChI=1S/C19H20N4OS.C9H16N2O/c1-9(2)15-16-10(3)8-25-19(16)21-17(15)12-5-23-18(20-11(4)22-23)14-7-24-6-13(12)14;10-9(12)6-11-7-2-1-3-8(11)5-4-7/h5,8-9,21H,6-7H2,1-4H3;7-8H,1-6H2,(H2,10,12)/t;7-,8?/m.0/s1. The first-order chi connectivity index (χ1) is 17.8. The first-order valence-corrected chi connectivity index (χ1v) is 14.3. The van der Waals surface area contributed by atoms with E-state index in [0.717, 1.165) is 11.5 Å². The molecule has 4 aromatic heterocycles. The lowest BCUT2D eigenvalue weighted by atomic mass is 9.93. The average Bonchev–Trinajstić information content (AvgIpc) is 3.64. The summed E-state index contributed by atoms with van der Waals surface area (Å²) >= 11 is 1.78. The van der Waals surface area contributed by atoms with Gasteiger partial charge in [0.1, 0.15) is 10.7 Å². The van der Waals surface area contributed by atoms with Crippen LogP contribution in [0.1, 0.15) is 79.9 Å². The SMILES string of the molecule is Cc1nc2c3c(c(-c4[nH]c5scc(C)c5c4C(C)C)cn2n1)COC3.NC(=O)CN1C2CCC[C@H]1CC2. The van der Waals surface area contributed by atoms with Crippen molar-refractivity contribution in [3.05, 3.63) is 39.7 Å². The molecule has 2 bridgehead atoms. The zero-order valence-corrected chi connectivity index (χ0v) is 23.0. The lowest BCUT2D eigenvalue weighted by molar-refractivity contribution is -0.120. The molecular weight excluding hydrogens is 484 g/mol. The number of carbonyl (C=O) groups excluding carboxylic acids is 1. The van der Waals surface area contributed by atoms with E-state index in [9.17, 15) is 4.79 Å². The highest BCUT2D eigenvalue weighted by atomic mass is 32.1. The number of aryl methyl sites for hydroxylation is 2. The number of hydrogen-bond acceptors (Lipinski definition) is 6. The summed E-state index contributed by atoms with van der Waals surface area (Å²) in [6.07, 6.45) is 8.54. The Kier molecular flexibility index (Phi) is 6.33. The summed E-state index contributed by atoms with van der Waals surface area (Å²) < 4.78 is 7.69. The Morgan fingerprint density at radius 3 is 2.62 bits per heavy atom. The molecule has 4 aromatic rings. The van der Waals surface area contributed by atoms with Crippen LogP contribution in [0.25, 0.3) is 27.1 Å². The van der Waals surface area contributed by atoms with E-state index in [4.69, 9.17) is 10.5 Å². The smallest absolute Gasteiger partial charge is 0.231 e. The third-order valence-corrected chi connectivity index (χ3v) is 9.24. The van der Waals surface area contributed by atoms with Crippen LogP contribution in [0.2, 0.25) is 0 Å². The summed E-state index contributed by atoms with van der Waals surface area (Å²) in [5.74, 6) is 1.05. The van der Waals surface area contributed by atoms with Gasteiger partial charge in [-0.3, -0.25) is 9.69 Å². The minimum absolute atomic E-state index is 0.172. The molecule has 8 nitrogen and oxygen atoms in total. The molecule has 3 N–H and O–H groups in total. The van der Waals surface area contributed by atoms with Crippen molar-refractivity contribution in [3.8, 4) is 11.3 Å². The molecule has 0 spiro atoms. The maximum atomic E-state index is 10.8. The normalized spacial score (nSPS) is 21.1. The lowest BCUT2D eigenvalue weighted by Crippen LogP contribution is -2.44. The predicted molar refractivity (Wildman–Crippen MR) is 147 cm³/mol. The Bertz CT molecular complexity index is 1470. The molecule has 2 fully saturated rings. The van der Waals surface area contributed by atoms with Crippen LogP contribution in [0.3, 0.4) is 0 Å². The number of nitrogens with one attached hydrogen (secondary N) is 1. The number of piperidine rings is 1. The molecule has 0 aliphatic carbocycles. The van der Waals surface area contributed by atoms with E-state index in [2.05, 4.69) is 52.3 Å². The number of aromatic amines is 1. The Morgan fingerprint density at radius 2 is 1.92 bits per heavy atom. The van der Waals surface area contributed by atoms with Crippen molar-refractivity contribution in [2.24, 2.45) is 5.73 Å². The van der Waals surface area contributed by atoms with Gasteiger partial charge in [-0.05, 0) is 67.5 Å². The van der Waals surface area contributed by atoms with Gasteiger partial charge in [-0.25, -0.2) is 9.50 Å². The van der Waals surface area contributed by atoms with Gasteiger partial charge >= 0.3 is 0 Å². The molecule has 2 atom stereocenters. The number of aromatic nitrogens is 4. The zero-order chi connectivity index (χ0) is 25.8. The summed E-state index contributed by atoms with van der Waals surface area (Å²) in [6.45, 7) is 10.4. The molecular formula is C28H36N6O2S. The number of primary amides is 1. The topological polar surface area (TPSA) is 102 Å². The Hall–Kier alpha value is -2.75. The van der Waals surface area contributed by atoms with E-state index in [0.29, 0.717) is 37.8 Å². The predicted octanol–water partition coefficient (Wildman–Crippen LogP) is 5.20. The summed E-state index contributed by atoms with van der Waals surface area (Å²) in [4.78, 5) is 22.6. The van der Waals surface area contributed by atoms with Gasteiger partial charge in [0, 0.05) is 34.8 Å². The zero-order valence-electron chi connectivity index (χ0n) is 22.1. The fourth-order valence-electron chi connectivity index (χ4n) is 6.64. The number of fused-ring (bicyclic) bond motifs is 6. The van der Waals surface area contributed by atoms with E-state index < -0.39 is 0 Å².